The van der Waals surface area contributed by atoms with E-state index in [1.54, 1.807) is 6.26 Å². The molecule has 0 aliphatic carbocycles. The molecular formula is C12H14N2OS2. The lowest BCUT2D eigenvalue weighted by Gasteiger charge is -1.95. The summed E-state index contributed by atoms with van der Waals surface area (Å²) in [6, 6.07) is 5.83. The van der Waals surface area contributed by atoms with Crippen LogP contribution in [-0.4, -0.2) is 21.2 Å². The van der Waals surface area contributed by atoms with Crippen molar-refractivity contribution in [2.24, 2.45) is 0 Å². The van der Waals surface area contributed by atoms with Gasteiger partial charge in [0.15, 0.2) is 0 Å². The quantitative estimate of drug-likeness (QED) is 0.849. The van der Waals surface area contributed by atoms with E-state index in [4.69, 9.17) is 0 Å². The Morgan fingerprint density at radius 3 is 3.00 bits per heavy atom. The summed E-state index contributed by atoms with van der Waals surface area (Å²) in [7, 11) is 0. The molecule has 0 amide bonds. The fourth-order valence-electron chi connectivity index (χ4n) is 1.53. The lowest BCUT2D eigenvalue weighted by atomic mass is 10.3. The van der Waals surface area contributed by atoms with Crippen molar-refractivity contribution < 1.29 is 4.79 Å². The van der Waals surface area contributed by atoms with Crippen molar-refractivity contribution in [2.45, 2.75) is 19.9 Å². The number of carbonyl (C=O) groups is 1. The van der Waals surface area contributed by atoms with E-state index in [2.05, 4.69) is 12.0 Å². The molecule has 0 saturated heterocycles. The molecule has 0 N–H and O–H groups in total. The highest BCUT2D eigenvalue weighted by Gasteiger charge is 2.10. The molecule has 3 nitrogen and oxygen atoms in total. The molecule has 0 aromatic carbocycles. The van der Waals surface area contributed by atoms with Crippen LogP contribution in [0.3, 0.4) is 0 Å². The second-order valence-electron chi connectivity index (χ2n) is 3.62. The molecule has 2 aromatic rings. The minimum Gasteiger partial charge on any atom is -0.281 e. The lowest BCUT2D eigenvalue weighted by molar-refractivity contribution is 0.109. The SMILES string of the molecule is CCCn1ccc(-c2ccc(C(=O)SC)s2)n1. The second kappa shape index (κ2) is 5.51. The molecule has 17 heavy (non-hydrogen) atoms. The van der Waals surface area contributed by atoms with Crippen molar-refractivity contribution in [3.63, 3.8) is 0 Å². The fraction of sp³-hybridized carbons (Fsp3) is 0.333. The predicted octanol–water partition coefficient (Wildman–Crippen LogP) is 3.52. The van der Waals surface area contributed by atoms with Crippen LogP contribution in [0, 0.1) is 0 Å². The van der Waals surface area contributed by atoms with Gasteiger partial charge < -0.3 is 0 Å². The van der Waals surface area contributed by atoms with Gasteiger partial charge in [0.2, 0.25) is 5.12 Å². The number of hydrogen-bond acceptors (Lipinski definition) is 4. The van der Waals surface area contributed by atoms with Gasteiger partial charge in [0.05, 0.1) is 9.75 Å². The van der Waals surface area contributed by atoms with E-state index in [1.807, 2.05) is 29.1 Å². The van der Waals surface area contributed by atoms with E-state index in [1.165, 1.54) is 23.1 Å². The first kappa shape index (κ1) is 12.4. The van der Waals surface area contributed by atoms with E-state index in [0.717, 1.165) is 28.4 Å². The topological polar surface area (TPSA) is 34.9 Å². The van der Waals surface area contributed by atoms with Crippen LogP contribution in [-0.2, 0) is 6.54 Å². The Bertz CT molecular complexity index is 516. The lowest BCUT2D eigenvalue weighted by Crippen LogP contribution is -1.96. The first-order valence-electron chi connectivity index (χ1n) is 5.46. The molecule has 2 aromatic heterocycles. The number of hydrogen-bond donors (Lipinski definition) is 0. The largest absolute Gasteiger partial charge is 0.281 e. The summed E-state index contributed by atoms with van der Waals surface area (Å²) < 4.78 is 1.94. The van der Waals surface area contributed by atoms with Crippen LogP contribution in [0.5, 0.6) is 0 Å². The molecule has 5 heteroatoms. The van der Waals surface area contributed by atoms with Gasteiger partial charge >= 0.3 is 0 Å². The number of thioether (sulfide) groups is 1. The summed E-state index contributed by atoms with van der Waals surface area (Å²) in [5.74, 6) is 0. The Balaban J connectivity index is 2.21. The van der Waals surface area contributed by atoms with E-state index in [-0.39, 0.29) is 5.12 Å². The van der Waals surface area contributed by atoms with Crippen LogP contribution in [0.4, 0.5) is 0 Å². The Morgan fingerprint density at radius 1 is 1.47 bits per heavy atom. The second-order valence-corrected chi connectivity index (χ2v) is 5.48. The van der Waals surface area contributed by atoms with Crippen molar-refractivity contribution >= 4 is 28.2 Å². The molecule has 0 bridgehead atoms. The molecule has 2 rings (SSSR count). The van der Waals surface area contributed by atoms with Crippen molar-refractivity contribution in [3.05, 3.63) is 29.3 Å². The molecule has 90 valence electrons. The van der Waals surface area contributed by atoms with Gasteiger partial charge in [-0.05, 0) is 30.9 Å². The van der Waals surface area contributed by atoms with E-state index in [0.29, 0.717) is 0 Å². The summed E-state index contributed by atoms with van der Waals surface area (Å²) >= 11 is 2.75. The highest BCUT2D eigenvalue weighted by atomic mass is 32.2. The van der Waals surface area contributed by atoms with E-state index in [9.17, 15) is 4.79 Å². The Hall–Kier alpha value is -1.07. The maximum Gasteiger partial charge on any atom is 0.229 e. The van der Waals surface area contributed by atoms with Crippen LogP contribution in [0.15, 0.2) is 24.4 Å². The molecule has 0 unspecified atom stereocenters. The zero-order valence-corrected chi connectivity index (χ0v) is 11.5. The number of aromatic nitrogens is 2. The predicted molar refractivity (Wildman–Crippen MR) is 73.7 cm³/mol. The monoisotopic (exact) mass is 266 g/mol. The van der Waals surface area contributed by atoms with Gasteiger partial charge in [-0.2, -0.15) is 5.10 Å². The highest BCUT2D eigenvalue weighted by molar-refractivity contribution is 8.13. The number of thiophene rings is 1. The van der Waals surface area contributed by atoms with Crippen LogP contribution in [0.25, 0.3) is 10.6 Å². The normalized spacial score (nSPS) is 10.7. The summed E-state index contributed by atoms with van der Waals surface area (Å²) in [5, 5.41) is 4.60. The average molecular weight is 266 g/mol. The first-order chi connectivity index (χ1) is 8.24. The van der Waals surface area contributed by atoms with Gasteiger partial charge in [-0.3, -0.25) is 9.48 Å². The maximum absolute atomic E-state index is 11.5. The first-order valence-corrected chi connectivity index (χ1v) is 7.50. The fourth-order valence-corrected chi connectivity index (χ4v) is 2.98. The van der Waals surface area contributed by atoms with Gasteiger partial charge in [0.25, 0.3) is 0 Å². The van der Waals surface area contributed by atoms with Crippen molar-refractivity contribution in [2.75, 3.05) is 6.26 Å². The van der Waals surface area contributed by atoms with Gasteiger partial charge in [-0.25, -0.2) is 0 Å². The van der Waals surface area contributed by atoms with Crippen LogP contribution >= 0.6 is 23.1 Å². The third-order valence-corrected chi connectivity index (χ3v) is 4.16. The van der Waals surface area contributed by atoms with Crippen LogP contribution in [0.2, 0.25) is 0 Å². The maximum atomic E-state index is 11.5. The molecule has 0 saturated carbocycles. The molecule has 0 fully saturated rings. The van der Waals surface area contributed by atoms with E-state index < -0.39 is 0 Å². The standard InChI is InChI=1S/C12H14N2OS2/c1-3-7-14-8-6-9(13-14)10-4-5-11(17-10)12(15)16-2/h4-6,8H,3,7H2,1-2H3. The zero-order chi connectivity index (χ0) is 12.3. The number of rotatable bonds is 4. The third-order valence-electron chi connectivity index (χ3n) is 2.34. The molecular weight excluding hydrogens is 252 g/mol. The minimum atomic E-state index is 0.120. The summed E-state index contributed by atoms with van der Waals surface area (Å²) in [6.07, 6.45) is 4.86. The van der Waals surface area contributed by atoms with Gasteiger partial charge in [-0.1, -0.05) is 18.7 Å². The van der Waals surface area contributed by atoms with Gasteiger partial charge in [0, 0.05) is 12.7 Å². The molecule has 2 heterocycles. The Morgan fingerprint density at radius 2 is 2.29 bits per heavy atom. The Kier molecular flexibility index (Phi) is 4.02. The van der Waals surface area contributed by atoms with Crippen molar-refractivity contribution in [3.8, 4) is 10.6 Å². The highest BCUT2D eigenvalue weighted by Crippen LogP contribution is 2.28. The molecule has 0 spiro atoms. The number of aryl methyl sites for hydroxylation is 1. The minimum absolute atomic E-state index is 0.120. The van der Waals surface area contributed by atoms with Crippen molar-refractivity contribution in [1.29, 1.82) is 0 Å². The Labute approximate surface area is 109 Å². The van der Waals surface area contributed by atoms with E-state index >= 15 is 0 Å². The van der Waals surface area contributed by atoms with Crippen LogP contribution in [0.1, 0.15) is 23.0 Å². The molecule has 0 radical (unpaired) electrons. The number of nitrogens with zero attached hydrogens (tertiary/aromatic N) is 2. The molecule has 0 atom stereocenters. The smallest absolute Gasteiger partial charge is 0.229 e. The molecule has 0 aliphatic heterocycles. The van der Waals surface area contributed by atoms with Gasteiger partial charge in [-0.15, -0.1) is 11.3 Å². The van der Waals surface area contributed by atoms with Crippen molar-refractivity contribution in [1.82, 2.24) is 9.78 Å². The van der Waals surface area contributed by atoms with Gasteiger partial charge in [0.1, 0.15) is 5.69 Å². The summed E-state index contributed by atoms with van der Waals surface area (Å²) in [5.41, 5.74) is 0.948. The average Bonchev–Trinajstić information content (AvgIpc) is 2.96. The van der Waals surface area contributed by atoms with Crippen LogP contribution < -0.4 is 0 Å². The summed E-state index contributed by atoms with van der Waals surface area (Å²) in [6.45, 7) is 3.06. The number of carbonyl (C=O) groups excluding carboxylic acids is 1. The summed E-state index contributed by atoms with van der Waals surface area (Å²) in [4.78, 5) is 13.4. The third kappa shape index (κ3) is 2.79. The molecule has 0 aliphatic rings. The zero-order valence-electron chi connectivity index (χ0n) is 9.84.